The number of hydrogen-bond donors (Lipinski definition) is 1. The lowest BCUT2D eigenvalue weighted by Crippen LogP contribution is -2.42. The third-order valence-electron chi connectivity index (χ3n) is 6.57. The van der Waals surface area contributed by atoms with E-state index in [-0.39, 0.29) is 23.6 Å². The van der Waals surface area contributed by atoms with Gasteiger partial charge in [-0.25, -0.2) is 0 Å². The number of Topliss-reactive ketones (excluding diaryl/α,β-unsaturated/α-hetero) is 2. The zero-order chi connectivity index (χ0) is 27.5. The van der Waals surface area contributed by atoms with Gasteiger partial charge in [0.25, 0.3) is 0 Å². The Morgan fingerprint density at radius 1 is 0.895 bits per heavy atom. The highest BCUT2D eigenvalue weighted by Crippen LogP contribution is 2.61. The number of carbonyl (C=O) groups excluding carboxylic acids is 3. The van der Waals surface area contributed by atoms with E-state index in [2.05, 4.69) is 43.3 Å². The number of aryl methyl sites for hydroxylation is 1. The monoisotopic (exact) mass is 546 g/mol. The number of aliphatic hydroxyl groups is 1. The molecule has 1 aromatic heterocycles. The Kier molecular flexibility index (Phi) is 10.7. The van der Waals surface area contributed by atoms with Gasteiger partial charge in [0.15, 0.2) is 11.6 Å². The number of ketones is 2. The molecule has 38 heavy (non-hydrogen) atoms. The Morgan fingerprint density at radius 3 is 1.68 bits per heavy atom. The summed E-state index contributed by atoms with van der Waals surface area (Å²) in [6.45, 7) is 2.97. The molecule has 0 bridgehead atoms. The minimum Gasteiger partial charge on any atom is -0.554 e. The zero-order valence-corrected chi connectivity index (χ0v) is 23.2. The van der Waals surface area contributed by atoms with Gasteiger partial charge in [0.05, 0.1) is 4.88 Å². The zero-order valence-electron chi connectivity index (χ0n) is 21.4. The summed E-state index contributed by atoms with van der Waals surface area (Å²) in [5, 5.41) is 23.1. The number of benzene rings is 3. The van der Waals surface area contributed by atoms with Crippen LogP contribution in [0.1, 0.15) is 34.1 Å². The highest BCUT2D eigenvalue weighted by molar-refractivity contribution is 7.96. The van der Waals surface area contributed by atoms with Gasteiger partial charge in [0.2, 0.25) is 0 Å². The number of aliphatic hydroxyl groups excluding tert-OH is 1. The molecule has 0 saturated heterocycles. The molecule has 1 unspecified atom stereocenters. The van der Waals surface area contributed by atoms with Crippen molar-refractivity contribution in [2.75, 3.05) is 6.61 Å². The van der Waals surface area contributed by atoms with Crippen LogP contribution in [-0.2, 0) is 16.0 Å². The van der Waals surface area contributed by atoms with Crippen LogP contribution in [0.25, 0.3) is 0 Å². The Labute approximate surface area is 228 Å². The van der Waals surface area contributed by atoms with Crippen LogP contribution in [0.2, 0.25) is 0 Å². The molecule has 0 spiro atoms. The van der Waals surface area contributed by atoms with Gasteiger partial charge in [-0.3, -0.25) is 9.59 Å². The Bertz CT molecular complexity index is 1240. The fourth-order valence-electron chi connectivity index (χ4n) is 4.98. The van der Waals surface area contributed by atoms with Crippen LogP contribution in [0.3, 0.4) is 0 Å². The molecule has 0 amide bonds. The summed E-state index contributed by atoms with van der Waals surface area (Å²) >= 11 is 1.31. The maximum atomic E-state index is 14.3. The van der Waals surface area contributed by atoms with Crippen molar-refractivity contribution in [3.05, 3.63) is 112 Å². The van der Waals surface area contributed by atoms with E-state index in [1.807, 2.05) is 66.9 Å². The third-order valence-corrected chi connectivity index (χ3v) is 12.7. The summed E-state index contributed by atoms with van der Waals surface area (Å²) in [5.41, 5.74) is 1.42. The number of carbonyl (C=O) groups is 3. The van der Waals surface area contributed by atoms with Crippen molar-refractivity contribution >= 4 is 52.6 Å². The molecule has 196 valence electrons. The molecule has 0 aliphatic carbocycles. The Hall–Kier alpha value is -3.44. The van der Waals surface area contributed by atoms with Crippen molar-refractivity contribution in [3.63, 3.8) is 0 Å². The van der Waals surface area contributed by atoms with Gasteiger partial charge < -0.3 is 15.0 Å². The van der Waals surface area contributed by atoms with Crippen molar-refractivity contribution < 1.29 is 24.6 Å². The van der Waals surface area contributed by atoms with Gasteiger partial charge in [-0.15, -0.1) is 11.3 Å². The largest absolute Gasteiger partial charge is 0.554 e. The predicted molar refractivity (Wildman–Crippen MR) is 154 cm³/mol. The average molecular weight is 547 g/mol. The van der Waals surface area contributed by atoms with Crippen molar-refractivity contribution in [2.24, 2.45) is 0 Å². The van der Waals surface area contributed by atoms with E-state index in [1.165, 1.54) is 27.3 Å². The molecule has 0 radical (unpaired) electrons. The van der Waals surface area contributed by atoms with Gasteiger partial charge in [0.1, 0.15) is 35.4 Å². The number of hydrogen-bond acceptors (Lipinski definition) is 6. The van der Waals surface area contributed by atoms with E-state index in [0.29, 0.717) is 11.3 Å². The van der Waals surface area contributed by atoms with Gasteiger partial charge in [-0.05, 0) is 66.2 Å². The lowest BCUT2D eigenvalue weighted by atomic mass is 10.0. The third kappa shape index (κ3) is 5.99. The molecule has 1 atom stereocenters. The standard InChI is InChI=1S/C30H30O3PS.CH2O2/c1-3-29(27(32)19-26-22(2)21-35-30(26)28(33)20-31)34(23-13-7-4-8-14-23,24-15-9-5-10-16-24)25-17-11-6-12-18-25;2-1-3/h4-18,21,29,31H,3,19-20H2,1-2H3;1H,(H,2,3)/q+1;/p-1. The van der Waals surface area contributed by atoms with Crippen molar-refractivity contribution in [2.45, 2.75) is 32.3 Å². The van der Waals surface area contributed by atoms with Gasteiger partial charge >= 0.3 is 0 Å². The van der Waals surface area contributed by atoms with Crippen molar-refractivity contribution in [1.82, 2.24) is 0 Å². The topological polar surface area (TPSA) is 94.5 Å². The number of thiophene rings is 1. The Morgan fingerprint density at radius 2 is 1.32 bits per heavy atom. The number of carboxylic acid groups (broad SMARTS) is 1. The van der Waals surface area contributed by atoms with E-state index >= 15 is 0 Å². The maximum Gasteiger partial charge on any atom is 0.198 e. The molecule has 0 aliphatic heterocycles. The van der Waals surface area contributed by atoms with Crippen LogP contribution in [0.5, 0.6) is 0 Å². The highest BCUT2D eigenvalue weighted by Gasteiger charge is 2.54. The molecule has 5 nitrogen and oxygen atoms in total. The summed E-state index contributed by atoms with van der Waals surface area (Å²) < 4.78 is 0. The van der Waals surface area contributed by atoms with Crippen molar-refractivity contribution in [1.29, 1.82) is 0 Å². The lowest BCUT2D eigenvalue weighted by Gasteiger charge is -2.33. The summed E-state index contributed by atoms with van der Waals surface area (Å²) in [6.07, 6.45) is 0.862. The fraction of sp³-hybridized carbons (Fsp3) is 0.194. The van der Waals surface area contributed by atoms with Crippen LogP contribution in [0.15, 0.2) is 96.4 Å². The number of rotatable bonds is 10. The summed E-state index contributed by atoms with van der Waals surface area (Å²) in [7, 11) is -2.38. The molecule has 0 aliphatic rings. The second-order valence-electron chi connectivity index (χ2n) is 8.70. The molecule has 0 fully saturated rings. The molecule has 4 rings (SSSR count). The van der Waals surface area contributed by atoms with Crippen LogP contribution in [-0.4, -0.2) is 35.4 Å². The summed E-state index contributed by atoms with van der Waals surface area (Å²) in [4.78, 5) is 35.4. The first kappa shape index (κ1) is 29.1. The molecule has 0 saturated carbocycles. The molecule has 7 heteroatoms. The molecule has 4 aromatic rings. The normalized spacial score (nSPS) is 11.7. The SMILES string of the molecule is CCC(C(=O)Cc1c(C)csc1C(=O)CO)[P+](c1ccccc1)(c1ccccc1)c1ccccc1.O=C[O-]. The fourth-order valence-corrected chi connectivity index (χ4v) is 11.0. The van der Waals surface area contributed by atoms with Crippen LogP contribution in [0.4, 0.5) is 0 Å². The molecule has 1 N–H and O–H groups in total. The van der Waals surface area contributed by atoms with Crippen molar-refractivity contribution in [3.8, 4) is 0 Å². The minimum atomic E-state index is -2.38. The van der Waals surface area contributed by atoms with Crippen LogP contribution < -0.4 is 21.0 Å². The maximum absolute atomic E-state index is 14.3. The molecular weight excluding hydrogens is 515 g/mol. The van der Waals surface area contributed by atoms with E-state index in [4.69, 9.17) is 9.90 Å². The first-order valence-electron chi connectivity index (χ1n) is 12.3. The Balaban J connectivity index is 0.00000127. The van der Waals surface area contributed by atoms with Gasteiger partial charge in [-0.2, -0.15) is 0 Å². The average Bonchev–Trinajstić information content (AvgIpc) is 3.32. The lowest BCUT2D eigenvalue weighted by molar-refractivity contribution is -0.283. The quantitative estimate of drug-likeness (QED) is 0.187. The van der Waals surface area contributed by atoms with E-state index in [1.54, 1.807) is 0 Å². The second-order valence-corrected chi connectivity index (χ2v) is 13.2. The summed E-state index contributed by atoms with van der Waals surface area (Å²) in [5.74, 6) is -0.194. The molecular formula is C31H31O5PS. The second kappa shape index (κ2) is 13.9. The van der Waals surface area contributed by atoms with Crippen LogP contribution in [0, 0.1) is 6.92 Å². The smallest absolute Gasteiger partial charge is 0.198 e. The summed E-state index contributed by atoms with van der Waals surface area (Å²) in [6, 6.07) is 31.3. The van der Waals surface area contributed by atoms with Gasteiger partial charge in [0, 0.05) is 12.9 Å². The van der Waals surface area contributed by atoms with Gasteiger partial charge in [-0.1, -0.05) is 61.5 Å². The minimum absolute atomic E-state index is 0.130. The molecule has 3 aromatic carbocycles. The van der Waals surface area contributed by atoms with E-state index in [9.17, 15) is 14.7 Å². The first-order valence-corrected chi connectivity index (χ1v) is 15.0. The van der Waals surface area contributed by atoms with E-state index < -0.39 is 20.3 Å². The van der Waals surface area contributed by atoms with Crippen LogP contribution >= 0.6 is 18.6 Å². The molecule has 1 heterocycles. The van der Waals surface area contributed by atoms with E-state index in [0.717, 1.165) is 11.1 Å². The highest BCUT2D eigenvalue weighted by atomic mass is 32.1. The first-order chi connectivity index (χ1) is 18.4. The predicted octanol–water partition coefficient (Wildman–Crippen LogP) is 3.48.